The number of ether oxygens (including phenoxy) is 1. The van der Waals surface area contributed by atoms with Crippen molar-refractivity contribution in [3.05, 3.63) is 53.3 Å². The summed E-state index contributed by atoms with van der Waals surface area (Å²) >= 11 is 0. The lowest BCUT2D eigenvalue weighted by Crippen LogP contribution is -2.39. The van der Waals surface area contributed by atoms with Crippen LogP contribution in [0.3, 0.4) is 0 Å². The summed E-state index contributed by atoms with van der Waals surface area (Å²) in [5.41, 5.74) is 15.0. The standard InChI is InChI=1S/C20H24N6O5S/c1-11-2-3-12(14(22)8-11)5-7-32(29,30)25-9-15-17(27)18(28)20(31-15)26-10-24-16-13(21)4-6-23-19(16)26/h2-8,10,15,17-18,20,25,27-28H,9,22H2,1H3,(H2,21,23)/b7-5+/t15-,17-,18-,20-/m1/s1. The van der Waals surface area contributed by atoms with Gasteiger partial charge in [-0.2, -0.15) is 0 Å². The zero-order valence-electron chi connectivity index (χ0n) is 17.2. The first-order valence-corrected chi connectivity index (χ1v) is 11.3. The Hall–Kier alpha value is -3.03. The van der Waals surface area contributed by atoms with Gasteiger partial charge in [-0.05, 0) is 36.3 Å². The van der Waals surface area contributed by atoms with E-state index in [1.807, 2.05) is 13.0 Å². The number of rotatable bonds is 6. The Bertz CT molecular complexity index is 1270. The van der Waals surface area contributed by atoms with Gasteiger partial charge in [-0.15, -0.1) is 0 Å². The van der Waals surface area contributed by atoms with Crippen LogP contribution in [-0.2, 0) is 14.8 Å². The molecule has 11 nitrogen and oxygen atoms in total. The Morgan fingerprint density at radius 3 is 2.72 bits per heavy atom. The number of aryl methyl sites for hydroxylation is 1. The number of sulfonamides is 1. The number of anilines is 2. The van der Waals surface area contributed by atoms with E-state index in [9.17, 15) is 18.6 Å². The number of aliphatic hydroxyl groups is 2. The van der Waals surface area contributed by atoms with Crippen molar-refractivity contribution in [1.29, 1.82) is 0 Å². The maximum absolute atomic E-state index is 12.4. The summed E-state index contributed by atoms with van der Waals surface area (Å²) < 4.78 is 34.3. The molecular weight excluding hydrogens is 436 g/mol. The number of nitrogens with zero attached hydrogens (tertiary/aromatic N) is 3. The minimum absolute atomic E-state index is 0.257. The van der Waals surface area contributed by atoms with Crippen molar-refractivity contribution in [2.75, 3.05) is 18.0 Å². The van der Waals surface area contributed by atoms with Crippen LogP contribution in [-0.4, -0.2) is 58.0 Å². The normalized spacial score (nSPS) is 24.0. The van der Waals surface area contributed by atoms with E-state index >= 15 is 0 Å². The van der Waals surface area contributed by atoms with Gasteiger partial charge in [0.15, 0.2) is 11.9 Å². The van der Waals surface area contributed by atoms with E-state index in [0.717, 1.165) is 11.0 Å². The topological polar surface area (TPSA) is 179 Å². The first-order valence-electron chi connectivity index (χ1n) is 9.79. The van der Waals surface area contributed by atoms with Gasteiger partial charge in [0, 0.05) is 23.8 Å². The van der Waals surface area contributed by atoms with Crippen molar-refractivity contribution >= 4 is 38.6 Å². The molecule has 170 valence electrons. The fourth-order valence-electron chi connectivity index (χ4n) is 3.52. The molecule has 4 rings (SSSR count). The number of hydrogen-bond donors (Lipinski definition) is 5. The summed E-state index contributed by atoms with van der Waals surface area (Å²) in [4.78, 5) is 8.37. The molecule has 0 radical (unpaired) electrons. The average molecular weight is 461 g/mol. The van der Waals surface area contributed by atoms with Gasteiger partial charge in [0.25, 0.3) is 0 Å². The first-order chi connectivity index (χ1) is 15.2. The molecule has 32 heavy (non-hydrogen) atoms. The van der Waals surface area contributed by atoms with Crippen molar-refractivity contribution < 1.29 is 23.4 Å². The smallest absolute Gasteiger partial charge is 0.233 e. The van der Waals surface area contributed by atoms with Gasteiger partial charge in [-0.3, -0.25) is 4.57 Å². The molecular formula is C20H24N6O5S. The monoisotopic (exact) mass is 460 g/mol. The van der Waals surface area contributed by atoms with Crippen molar-refractivity contribution in [3.63, 3.8) is 0 Å². The molecule has 1 fully saturated rings. The molecule has 1 aliphatic heterocycles. The second kappa shape index (κ2) is 8.48. The number of fused-ring (bicyclic) bond motifs is 1. The van der Waals surface area contributed by atoms with E-state index < -0.39 is 34.6 Å². The molecule has 1 saturated heterocycles. The summed E-state index contributed by atoms with van der Waals surface area (Å²) in [5, 5.41) is 21.9. The number of benzene rings is 1. The second-order valence-electron chi connectivity index (χ2n) is 7.60. The highest BCUT2D eigenvalue weighted by Crippen LogP contribution is 2.32. The maximum atomic E-state index is 12.4. The third-order valence-electron chi connectivity index (χ3n) is 5.26. The SMILES string of the molecule is Cc1ccc(/C=C/S(=O)(=O)NC[C@H]2O[C@@H](n3cnc4c(N)ccnc43)[C@H](O)[C@@H]2O)c(N)c1. The molecule has 1 aliphatic rings. The lowest BCUT2D eigenvalue weighted by molar-refractivity contribution is -0.0329. The number of imidazole rings is 1. The summed E-state index contributed by atoms with van der Waals surface area (Å²) in [6.07, 6.45) is -0.398. The zero-order chi connectivity index (χ0) is 23.0. The largest absolute Gasteiger partial charge is 0.398 e. The molecule has 7 N–H and O–H groups in total. The van der Waals surface area contributed by atoms with Gasteiger partial charge in [-0.1, -0.05) is 12.1 Å². The molecule has 4 atom stereocenters. The van der Waals surface area contributed by atoms with Crippen LogP contribution in [0.2, 0.25) is 0 Å². The Labute approximate surface area is 184 Å². The number of pyridine rings is 1. The highest BCUT2D eigenvalue weighted by Gasteiger charge is 2.44. The molecule has 0 aliphatic carbocycles. The van der Waals surface area contributed by atoms with Crippen LogP contribution in [0, 0.1) is 6.92 Å². The number of aliphatic hydroxyl groups excluding tert-OH is 2. The molecule has 0 saturated carbocycles. The van der Waals surface area contributed by atoms with Crippen LogP contribution in [0.15, 0.2) is 42.2 Å². The van der Waals surface area contributed by atoms with E-state index in [1.165, 1.54) is 23.2 Å². The molecule has 1 aromatic carbocycles. The van der Waals surface area contributed by atoms with Gasteiger partial charge in [0.05, 0.1) is 12.0 Å². The van der Waals surface area contributed by atoms with Crippen LogP contribution in [0.1, 0.15) is 17.4 Å². The van der Waals surface area contributed by atoms with Gasteiger partial charge < -0.3 is 26.4 Å². The third-order valence-corrected chi connectivity index (χ3v) is 6.32. The van der Waals surface area contributed by atoms with Crippen molar-refractivity contribution in [3.8, 4) is 0 Å². The lowest BCUT2D eigenvalue weighted by atomic mass is 10.1. The summed E-state index contributed by atoms with van der Waals surface area (Å²) in [5.74, 6) is 0. The summed E-state index contributed by atoms with van der Waals surface area (Å²) in [6, 6.07) is 6.88. The van der Waals surface area contributed by atoms with Crippen LogP contribution in [0.25, 0.3) is 17.2 Å². The number of nitrogens with one attached hydrogen (secondary N) is 1. The van der Waals surface area contributed by atoms with E-state index in [4.69, 9.17) is 16.2 Å². The highest BCUT2D eigenvalue weighted by molar-refractivity contribution is 7.92. The van der Waals surface area contributed by atoms with E-state index in [2.05, 4.69) is 14.7 Å². The molecule has 3 aromatic rings. The van der Waals surface area contributed by atoms with Gasteiger partial charge in [0.1, 0.15) is 23.8 Å². The van der Waals surface area contributed by atoms with E-state index in [0.29, 0.717) is 28.1 Å². The average Bonchev–Trinajstić information content (AvgIpc) is 3.28. The van der Waals surface area contributed by atoms with E-state index in [1.54, 1.807) is 18.2 Å². The molecule has 3 heterocycles. The summed E-state index contributed by atoms with van der Waals surface area (Å²) in [7, 11) is -3.85. The molecule has 0 spiro atoms. The number of hydrogen-bond acceptors (Lipinski definition) is 9. The van der Waals surface area contributed by atoms with Crippen LogP contribution in [0.5, 0.6) is 0 Å². The lowest BCUT2D eigenvalue weighted by Gasteiger charge is -2.16. The minimum atomic E-state index is -3.85. The van der Waals surface area contributed by atoms with Crippen molar-refractivity contribution in [2.24, 2.45) is 0 Å². The fourth-order valence-corrected chi connectivity index (χ4v) is 4.34. The predicted octanol–water partition coefficient (Wildman–Crippen LogP) is 0.114. The van der Waals surface area contributed by atoms with Crippen LogP contribution >= 0.6 is 0 Å². The fraction of sp³-hybridized carbons (Fsp3) is 0.300. The zero-order valence-corrected chi connectivity index (χ0v) is 18.0. The first kappa shape index (κ1) is 22.2. The molecule has 0 amide bonds. The van der Waals surface area contributed by atoms with Gasteiger partial charge in [0.2, 0.25) is 10.0 Å². The highest BCUT2D eigenvalue weighted by atomic mass is 32.2. The second-order valence-corrected chi connectivity index (χ2v) is 9.25. The van der Waals surface area contributed by atoms with Gasteiger partial charge in [-0.25, -0.2) is 23.1 Å². The number of nitrogen functional groups attached to an aromatic ring is 2. The predicted molar refractivity (Wildman–Crippen MR) is 119 cm³/mol. The molecule has 0 bridgehead atoms. The minimum Gasteiger partial charge on any atom is -0.398 e. The van der Waals surface area contributed by atoms with Crippen LogP contribution in [0.4, 0.5) is 11.4 Å². The Morgan fingerprint density at radius 2 is 1.97 bits per heavy atom. The number of nitrogens with two attached hydrogens (primary N) is 2. The van der Waals surface area contributed by atoms with Gasteiger partial charge >= 0.3 is 0 Å². The Kier molecular flexibility index (Phi) is 5.88. The number of aromatic nitrogens is 3. The quantitative estimate of drug-likeness (QED) is 0.319. The van der Waals surface area contributed by atoms with Crippen molar-refractivity contribution in [1.82, 2.24) is 19.3 Å². The van der Waals surface area contributed by atoms with Crippen molar-refractivity contribution in [2.45, 2.75) is 31.5 Å². The molecule has 0 unspecified atom stereocenters. The summed E-state index contributed by atoms with van der Waals surface area (Å²) in [6.45, 7) is 1.63. The molecule has 12 heteroatoms. The Morgan fingerprint density at radius 1 is 1.19 bits per heavy atom. The van der Waals surface area contributed by atoms with Crippen LogP contribution < -0.4 is 16.2 Å². The Balaban J connectivity index is 1.45. The molecule has 2 aromatic heterocycles. The third kappa shape index (κ3) is 4.31. The van der Waals surface area contributed by atoms with E-state index in [-0.39, 0.29) is 6.54 Å². The maximum Gasteiger partial charge on any atom is 0.233 e.